The third-order valence-corrected chi connectivity index (χ3v) is 3.43. The SMILES string of the molecule is CNC(=O)C(C)CN(C)C(=O)c1cc(N)c(C)cc1C. The van der Waals surface area contributed by atoms with Crippen molar-refractivity contribution in [3.05, 3.63) is 28.8 Å². The average Bonchev–Trinajstić information content (AvgIpc) is 2.40. The molecular formula is C15H23N3O2. The molecule has 0 aliphatic carbocycles. The van der Waals surface area contributed by atoms with Crippen molar-refractivity contribution in [3.63, 3.8) is 0 Å². The second kappa shape index (κ2) is 6.41. The summed E-state index contributed by atoms with van der Waals surface area (Å²) in [6.45, 7) is 5.95. The number of carbonyl (C=O) groups is 2. The minimum absolute atomic E-state index is 0.0789. The molecule has 0 radical (unpaired) electrons. The van der Waals surface area contributed by atoms with Crippen LogP contribution in [-0.4, -0.2) is 37.4 Å². The van der Waals surface area contributed by atoms with Crippen molar-refractivity contribution in [1.82, 2.24) is 10.2 Å². The number of anilines is 1. The Morgan fingerprint density at radius 2 is 1.90 bits per heavy atom. The molecule has 0 fully saturated rings. The smallest absolute Gasteiger partial charge is 0.253 e. The number of nitrogens with two attached hydrogens (primary N) is 1. The predicted molar refractivity (Wildman–Crippen MR) is 80.5 cm³/mol. The van der Waals surface area contributed by atoms with E-state index in [0.717, 1.165) is 11.1 Å². The van der Waals surface area contributed by atoms with Gasteiger partial charge in [-0.15, -0.1) is 0 Å². The highest BCUT2D eigenvalue weighted by Gasteiger charge is 2.20. The maximum Gasteiger partial charge on any atom is 0.253 e. The molecule has 0 heterocycles. The molecule has 0 aliphatic rings. The van der Waals surface area contributed by atoms with E-state index in [9.17, 15) is 9.59 Å². The Kier molecular flexibility index (Phi) is 5.13. The van der Waals surface area contributed by atoms with E-state index < -0.39 is 0 Å². The second-order valence-electron chi connectivity index (χ2n) is 5.22. The topological polar surface area (TPSA) is 75.4 Å². The number of nitrogens with zero attached hydrogens (tertiary/aromatic N) is 1. The Morgan fingerprint density at radius 3 is 2.45 bits per heavy atom. The molecule has 3 N–H and O–H groups in total. The number of aryl methyl sites for hydroxylation is 2. The van der Waals surface area contributed by atoms with Crippen molar-refractivity contribution in [2.75, 3.05) is 26.4 Å². The maximum absolute atomic E-state index is 12.4. The van der Waals surface area contributed by atoms with Crippen LogP contribution in [-0.2, 0) is 4.79 Å². The first-order valence-corrected chi connectivity index (χ1v) is 6.61. The van der Waals surface area contributed by atoms with Crippen molar-refractivity contribution < 1.29 is 9.59 Å². The third-order valence-electron chi connectivity index (χ3n) is 3.43. The number of benzene rings is 1. The molecule has 0 saturated heterocycles. The van der Waals surface area contributed by atoms with E-state index >= 15 is 0 Å². The molecule has 0 spiro atoms. The number of amides is 2. The van der Waals surface area contributed by atoms with Gasteiger partial charge < -0.3 is 16.0 Å². The Balaban J connectivity index is 2.90. The van der Waals surface area contributed by atoms with E-state index in [4.69, 9.17) is 5.73 Å². The summed E-state index contributed by atoms with van der Waals surface area (Å²) in [4.78, 5) is 25.5. The molecule has 1 atom stereocenters. The molecule has 0 saturated carbocycles. The highest BCUT2D eigenvalue weighted by atomic mass is 16.2. The minimum Gasteiger partial charge on any atom is -0.398 e. The van der Waals surface area contributed by atoms with Crippen LogP contribution in [0.5, 0.6) is 0 Å². The van der Waals surface area contributed by atoms with Gasteiger partial charge in [0.1, 0.15) is 0 Å². The summed E-state index contributed by atoms with van der Waals surface area (Å²) in [5.41, 5.74) is 8.90. The highest BCUT2D eigenvalue weighted by molar-refractivity contribution is 5.96. The van der Waals surface area contributed by atoms with Crippen molar-refractivity contribution in [2.45, 2.75) is 20.8 Å². The van der Waals surface area contributed by atoms with Crippen LogP contribution in [0.2, 0.25) is 0 Å². The van der Waals surface area contributed by atoms with Crippen LogP contribution in [0.25, 0.3) is 0 Å². The Bertz CT molecular complexity index is 526. The first-order chi connectivity index (χ1) is 9.27. The van der Waals surface area contributed by atoms with E-state index in [1.807, 2.05) is 19.9 Å². The van der Waals surface area contributed by atoms with Gasteiger partial charge in [-0.05, 0) is 31.0 Å². The third kappa shape index (κ3) is 3.50. The zero-order chi connectivity index (χ0) is 15.4. The van der Waals surface area contributed by atoms with Gasteiger partial charge in [-0.3, -0.25) is 9.59 Å². The lowest BCUT2D eigenvalue weighted by Crippen LogP contribution is -2.37. The molecule has 1 rings (SSSR count). The maximum atomic E-state index is 12.4. The molecule has 0 aliphatic heterocycles. The summed E-state index contributed by atoms with van der Waals surface area (Å²) in [7, 11) is 3.28. The fraction of sp³-hybridized carbons (Fsp3) is 0.467. The van der Waals surface area contributed by atoms with Gasteiger partial charge in [0, 0.05) is 31.9 Å². The fourth-order valence-corrected chi connectivity index (χ4v) is 2.13. The predicted octanol–water partition coefficient (Wildman–Crippen LogP) is 1.34. The van der Waals surface area contributed by atoms with Crippen molar-refractivity contribution in [2.24, 2.45) is 5.92 Å². The van der Waals surface area contributed by atoms with Gasteiger partial charge >= 0.3 is 0 Å². The quantitative estimate of drug-likeness (QED) is 0.815. The zero-order valence-corrected chi connectivity index (χ0v) is 12.8. The number of nitrogen functional groups attached to an aromatic ring is 1. The molecule has 0 bridgehead atoms. The molecule has 2 amide bonds. The van der Waals surface area contributed by atoms with Crippen LogP contribution >= 0.6 is 0 Å². The van der Waals surface area contributed by atoms with Crippen LogP contribution in [0.15, 0.2) is 12.1 Å². The normalized spacial score (nSPS) is 11.8. The van der Waals surface area contributed by atoms with Crippen molar-refractivity contribution in [3.8, 4) is 0 Å². The van der Waals surface area contributed by atoms with Crippen LogP contribution in [0, 0.1) is 19.8 Å². The summed E-state index contributed by atoms with van der Waals surface area (Å²) in [5, 5.41) is 2.58. The molecule has 5 heteroatoms. The molecule has 1 aromatic rings. The Hall–Kier alpha value is -2.04. The molecular weight excluding hydrogens is 254 g/mol. The highest BCUT2D eigenvalue weighted by Crippen LogP contribution is 2.19. The van der Waals surface area contributed by atoms with Gasteiger partial charge in [0.05, 0.1) is 5.92 Å². The first-order valence-electron chi connectivity index (χ1n) is 6.61. The van der Waals surface area contributed by atoms with Gasteiger partial charge in [-0.1, -0.05) is 13.0 Å². The van der Waals surface area contributed by atoms with Crippen LogP contribution in [0.4, 0.5) is 5.69 Å². The number of nitrogens with one attached hydrogen (secondary N) is 1. The second-order valence-corrected chi connectivity index (χ2v) is 5.22. The standard InChI is InChI=1S/C15H23N3O2/c1-9-6-10(2)13(16)7-12(9)15(20)18(5)8-11(3)14(19)17-4/h6-7,11H,8,16H2,1-5H3,(H,17,19). The average molecular weight is 277 g/mol. The van der Waals surface area contributed by atoms with E-state index in [1.165, 1.54) is 0 Å². The van der Waals surface area contributed by atoms with E-state index in [0.29, 0.717) is 17.8 Å². The van der Waals surface area contributed by atoms with Gasteiger partial charge in [-0.25, -0.2) is 0 Å². The van der Waals surface area contributed by atoms with Gasteiger partial charge in [-0.2, -0.15) is 0 Å². The van der Waals surface area contributed by atoms with Crippen molar-refractivity contribution >= 4 is 17.5 Å². The molecule has 0 aromatic heterocycles. The van der Waals surface area contributed by atoms with Crippen molar-refractivity contribution in [1.29, 1.82) is 0 Å². The fourth-order valence-electron chi connectivity index (χ4n) is 2.13. The van der Waals surface area contributed by atoms with Crippen LogP contribution in [0.1, 0.15) is 28.4 Å². The summed E-state index contributed by atoms with van der Waals surface area (Å²) in [6, 6.07) is 3.60. The monoisotopic (exact) mass is 277 g/mol. The number of hydrogen-bond donors (Lipinski definition) is 2. The lowest BCUT2D eigenvalue weighted by atomic mass is 10.0. The molecule has 110 valence electrons. The van der Waals surface area contributed by atoms with E-state index in [1.54, 1.807) is 32.0 Å². The lowest BCUT2D eigenvalue weighted by Gasteiger charge is -2.22. The zero-order valence-electron chi connectivity index (χ0n) is 12.8. The van der Waals surface area contributed by atoms with Gasteiger partial charge in [0.25, 0.3) is 5.91 Å². The summed E-state index contributed by atoms with van der Waals surface area (Å²) in [5.74, 6) is -0.452. The summed E-state index contributed by atoms with van der Waals surface area (Å²) in [6.07, 6.45) is 0. The van der Waals surface area contributed by atoms with Crippen LogP contribution < -0.4 is 11.1 Å². The minimum atomic E-state index is -0.253. The first kappa shape index (κ1) is 16.0. The van der Waals surface area contributed by atoms with E-state index in [2.05, 4.69) is 5.32 Å². The summed E-state index contributed by atoms with van der Waals surface area (Å²) >= 11 is 0. The molecule has 5 nitrogen and oxygen atoms in total. The number of hydrogen-bond acceptors (Lipinski definition) is 3. The van der Waals surface area contributed by atoms with E-state index in [-0.39, 0.29) is 17.7 Å². The van der Waals surface area contributed by atoms with Crippen LogP contribution in [0.3, 0.4) is 0 Å². The van der Waals surface area contributed by atoms with Gasteiger partial charge in [0.15, 0.2) is 0 Å². The Labute approximate surface area is 120 Å². The Morgan fingerprint density at radius 1 is 1.30 bits per heavy atom. The lowest BCUT2D eigenvalue weighted by molar-refractivity contribution is -0.124. The number of rotatable bonds is 4. The molecule has 1 unspecified atom stereocenters. The van der Waals surface area contributed by atoms with Gasteiger partial charge in [0.2, 0.25) is 5.91 Å². The molecule has 1 aromatic carbocycles. The number of carbonyl (C=O) groups excluding carboxylic acids is 2. The summed E-state index contributed by atoms with van der Waals surface area (Å²) < 4.78 is 0. The largest absolute Gasteiger partial charge is 0.398 e. The molecule has 20 heavy (non-hydrogen) atoms.